The van der Waals surface area contributed by atoms with Crippen molar-refractivity contribution in [2.24, 2.45) is 5.92 Å². The lowest BCUT2D eigenvalue weighted by Crippen LogP contribution is -2.50. The van der Waals surface area contributed by atoms with Crippen molar-refractivity contribution in [2.45, 2.75) is 19.5 Å². The molecule has 2 aliphatic heterocycles. The Balaban J connectivity index is 1.28. The van der Waals surface area contributed by atoms with Gasteiger partial charge in [0.25, 0.3) is 0 Å². The molecular formula is C20H24N4O2S. The summed E-state index contributed by atoms with van der Waals surface area (Å²) in [6.45, 7) is 5.22. The van der Waals surface area contributed by atoms with E-state index in [1.165, 1.54) is 4.88 Å². The third kappa shape index (κ3) is 4.36. The summed E-state index contributed by atoms with van der Waals surface area (Å²) in [5, 5.41) is 2.10. The molecule has 0 N–H and O–H groups in total. The second-order valence-corrected chi connectivity index (χ2v) is 8.21. The number of hydrogen-bond donors (Lipinski definition) is 0. The Morgan fingerprint density at radius 3 is 2.67 bits per heavy atom. The van der Waals surface area contributed by atoms with Gasteiger partial charge in [-0.3, -0.25) is 19.5 Å². The van der Waals surface area contributed by atoms with Gasteiger partial charge in [-0.05, 0) is 23.6 Å². The maximum absolute atomic E-state index is 12.9. The SMILES string of the molecule is O=C1C[C@H](C(=O)N2CCN(Cc3cccs3)CC2)CN1Cc1ccccn1. The number of pyridine rings is 1. The molecule has 4 heterocycles. The van der Waals surface area contributed by atoms with Crippen molar-refractivity contribution < 1.29 is 9.59 Å². The van der Waals surface area contributed by atoms with Crippen molar-refractivity contribution in [3.63, 3.8) is 0 Å². The summed E-state index contributed by atoms with van der Waals surface area (Å²) in [4.78, 5) is 36.9. The molecule has 0 spiro atoms. The van der Waals surface area contributed by atoms with Crippen LogP contribution in [0.2, 0.25) is 0 Å². The van der Waals surface area contributed by atoms with Gasteiger partial charge in [-0.25, -0.2) is 0 Å². The highest BCUT2D eigenvalue weighted by atomic mass is 32.1. The fourth-order valence-electron chi connectivity index (χ4n) is 3.79. The Labute approximate surface area is 163 Å². The first kappa shape index (κ1) is 18.1. The van der Waals surface area contributed by atoms with Gasteiger partial charge < -0.3 is 9.80 Å². The topological polar surface area (TPSA) is 56.8 Å². The van der Waals surface area contributed by atoms with Gasteiger partial charge in [-0.1, -0.05) is 12.1 Å². The number of carbonyl (C=O) groups excluding carboxylic acids is 2. The first-order valence-electron chi connectivity index (χ1n) is 9.40. The second-order valence-electron chi connectivity index (χ2n) is 7.18. The van der Waals surface area contributed by atoms with Gasteiger partial charge in [0.05, 0.1) is 18.2 Å². The molecule has 2 aromatic rings. The average molecular weight is 385 g/mol. The third-order valence-electron chi connectivity index (χ3n) is 5.29. The van der Waals surface area contributed by atoms with Crippen LogP contribution in [0, 0.1) is 5.92 Å². The summed E-state index contributed by atoms with van der Waals surface area (Å²) >= 11 is 1.77. The molecule has 0 unspecified atom stereocenters. The number of hydrogen-bond acceptors (Lipinski definition) is 5. The Morgan fingerprint density at radius 2 is 1.96 bits per heavy atom. The fourth-order valence-corrected chi connectivity index (χ4v) is 4.53. The standard InChI is InChI=1S/C20H24N4O2S/c25-19-12-16(13-24(19)14-17-4-1-2-6-21-17)20(26)23-9-7-22(8-10-23)15-18-5-3-11-27-18/h1-6,11,16H,7-10,12-15H2/t16-/m0/s1. The number of carbonyl (C=O) groups is 2. The van der Waals surface area contributed by atoms with E-state index in [0.717, 1.165) is 38.4 Å². The molecule has 0 saturated carbocycles. The summed E-state index contributed by atoms with van der Waals surface area (Å²) in [5.74, 6) is -0.0389. The maximum Gasteiger partial charge on any atom is 0.228 e. The molecule has 2 amide bonds. The smallest absolute Gasteiger partial charge is 0.228 e. The number of rotatable bonds is 5. The summed E-state index contributed by atoms with van der Waals surface area (Å²) in [5.41, 5.74) is 0.862. The van der Waals surface area contributed by atoms with E-state index >= 15 is 0 Å². The van der Waals surface area contributed by atoms with E-state index in [2.05, 4.69) is 27.4 Å². The van der Waals surface area contributed by atoms with Crippen molar-refractivity contribution in [3.05, 3.63) is 52.5 Å². The first-order chi connectivity index (χ1) is 13.2. The minimum atomic E-state index is -0.218. The number of aromatic nitrogens is 1. The third-order valence-corrected chi connectivity index (χ3v) is 6.15. The van der Waals surface area contributed by atoms with Crippen molar-refractivity contribution in [1.82, 2.24) is 19.7 Å². The Morgan fingerprint density at radius 1 is 1.11 bits per heavy atom. The largest absolute Gasteiger partial charge is 0.340 e. The van der Waals surface area contributed by atoms with E-state index in [-0.39, 0.29) is 17.7 Å². The van der Waals surface area contributed by atoms with Crippen LogP contribution in [0.3, 0.4) is 0 Å². The molecule has 2 aromatic heterocycles. The van der Waals surface area contributed by atoms with Gasteiger partial charge in [0.15, 0.2) is 0 Å². The number of likely N-dealkylation sites (tertiary alicyclic amines) is 1. The Bertz CT molecular complexity index is 773. The van der Waals surface area contributed by atoms with Gasteiger partial charge in [-0.2, -0.15) is 0 Å². The minimum Gasteiger partial charge on any atom is -0.340 e. The highest BCUT2D eigenvalue weighted by Crippen LogP contribution is 2.23. The molecule has 0 radical (unpaired) electrons. The molecule has 2 saturated heterocycles. The van der Waals surface area contributed by atoms with E-state index < -0.39 is 0 Å². The van der Waals surface area contributed by atoms with Crippen molar-refractivity contribution in [1.29, 1.82) is 0 Å². The van der Waals surface area contributed by atoms with Crippen LogP contribution in [0.4, 0.5) is 0 Å². The number of thiophene rings is 1. The highest BCUT2D eigenvalue weighted by Gasteiger charge is 2.37. The maximum atomic E-state index is 12.9. The Kier molecular flexibility index (Phi) is 5.50. The average Bonchev–Trinajstić information content (AvgIpc) is 3.33. The zero-order valence-electron chi connectivity index (χ0n) is 15.3. The predicted octanol–water partition coefficient (Wildman–Crippen LogP) is 1.84. The molecule has 7 heteroatoms. The predicted molar refractivity (Wildman–Crippen MR) is 104 cm³/mol. The van der Waals surface area contributed by atoms with Gasteiger partial charge in [0.2, 0.25) is 11.8 Å². The zero-order chi connectivity index (χ0) is 18.6. The van der Waals surface area contributed by atoms with Crippen molar-refractivity contribution in [3.8, 4) is 0 Å². The monoisotopic (exact) mass is 384 g/mol. The number of amides is 2. The molecule has 27 heavy (non-hydrogen) atoms. The van der Waals surface area contributed by atoms with Gasteiger partial charge >= 0.3 is 0 Å². The quantitative estimate of drug-likeness (QED) is 0.789. The summed E-state index contributed by atoms with van der Waals surface area (Å²) in [7, 11) is 0. The fraction of sp³-hybridized carbons (Fsp3) is 0.450. The minimum absolute atomic E-state index is 0.0512. The zero-order valence-corrected chi connectivity index (χ0v) is 16.1. The summed E-state index contributed by atoms with van der Waals surface area (Å²) in [6.07, 6.45) is 2.05. The molecule has 1 atom stereocenters. The molecule has 2 aliphatic rings. The van der Waals surface area contributed by atoms with Gasteiger partial charge in [0.1, 0.15) is 0 Å². The second kappa shape index (κ2) is 8.19. The molecule has 142 valence electrons. The lowest BCUT2D eigenvalue weighted by atomic mass is 10.1. The van der Waals surface area contributed by atoms with Crippen LogP contribution in [0.1, 0.15) is 17.0 Å². The normalized spacial score (nSPS) is 21.0. The molecule has 4 rings (SSSR count). The lowest BCUT2D eigenvalue weighted by molar-refractivity contribution is -0.137. The van der Waals surface area contributed by atoms with Crippen molar-refractivity contribution in [2.75, 3.05) is 32.7 Å². The molecule has 6 nitrogen and oxygen atoms in total. The Hall–Kier alpha value is -2.25. The molecular weight excluding hydrogens is 360 g/mol. The molecule has 2 fully saturated rings. The van der Waals surface area contributed by atoms with Crippen LogP contribution in [0.15, 0.2) is 41.9 Å². The van der Waals surface area contributed by atoms with Crippen LogP contribution < -0.4 is 0 Å². The van der Waals surface area contributed by atoms with Crippen LogP contribution >= 0.6 is 11.3 Å². The van der Waals surface area contributed by atoms with E-state index in [4.69, 9.17) is 0 Å². The van der Waals surface area contributed by atoms with E-state index in [9.17, 15) is 9.59 Å². The number of piperazine rings is 1. The highest BCUT2D eigenvalue weighted by molar-refractivity contribution is 7.09. The van der Waals surface area contributed by atoms with Crippen LogP contribution in [0.5, 0.6) is 0 Å². The molecule has 0 aliphatic carbocycles. The van der Waals surface area contributed by atoms with Crippen LogP contribution in [0.25, 0.3) is 0 Å². The lowest BCUT2D eigenvalue weighted by Gasteiger charge is -2.35. The molecule has 0 bridgehead atoms. The van der Waals surface area contributed by atoms with Crippen LogP contribution in [-0.4, -0.2) is 64.2 Å². The van der Waals surface area contributed by atoms with E-state index in [0.29, 0.717) is 19.5 Å². The molecule has 0 aromatic carbocycles. The van der Waals surface area contributed by atoms with Crippen molar-refractivity contribution >= 4 is 23.2 Å². The number of nitrogens with zero attached hydrogens (tertiary/aromatic N) is 4. The van der Waals surface area contributed by atoms with E-state index in [1.54, 1.807) is 22.4 Å². The van der Waals surface area contributed by atoms with Gasteiger partial charge in [0, 0.05) is 56.8 Å². The summed E-state index contributed by atoms with van der Waals surface area (Å²) < 4.78 is 0. The van der Waals surface area contributed by atoms with Crippen LogP contribution in [-0.2, 0) is 22.7 Å². The first-order valence-corrected chi connectivity index (χ1v) is 10.3. The van der Waals surface area contributed by atoms with E-state index in [1.807, 2.05) is 23.1 Å². The van der Waals surface area contributed by atoms with Gasteiger partial charge in [-0.15, -0.1) is 11.3 Å². The summed E-state index contributed by atoms with van der Waals surface area (Å²) in [6, 6.07) is 9.92.